The lowest BCUT2D eigenvalue weighted by Gasteiger charge is -2.15. The number of aryl methyl sites for hydroxylation is 1. The average Bonchev–Trinajstić information content (AvgIpc) is 2.31. The number of hydrogen-bond acceptors (Lipinski definition) is 2. The number of benzene rings is 1. The smallest absolute Gasteiger partial charge is 0.319 e. The van der Waals surface area contributed by atoms with Gasteiger partial charge in [-0.25, -0.2) is 4.79 Å². The molecule has 5 heteroatoms. The Kier molecular flexibility index (Phi) is 5.44. The van der Waals surface area contributed by atoms with E-state index >= 15 is 0 Å². The number of aliphatic hydroxyl groups is 1. The van der Waals surface area contributed by atoms with E-state index in [1.807, 2.05) is 32.0 Å². The molecule has 94 valence electrons. The monoisotopic (exact) mass is 300 g/mol. The molecule has 0 aliphatic heterocycles. The van der Waals surface area contributed by atoms with E-state index in [-0.39, 0.29) is 18.7 Å². The molecule has 0 saturated heterocycles. The second-order valence-electron chi connectivity index (χ2n) is 3.85. The lowest BCUT2D eigenvalue weighted by molar-refractivity contribution is 0.222. The molecule has 2 amide bonds. The Morgan fingerprint density at radius 3 is 2.76 bits per heavy atom. The third-order valence-electron chi connectivity index (χ3n) is 2.46. The van der Waals surface area contributed by atoms with E-state index in [2.05, 4.69) is 26.6 Å². The van der Waals surface area contributed by atoms with Crippen LogP contribution in [0.1, 0.15) is 18.9 Å². The van der Waals surface area contributed by atoms with Crippen LogP contribution in [0.15, 0.2) is 22.7 Å². The van der Waals surface area contributed by atoms with Crippen molar-refractivity contribution in [2.45, 2.75) is 26.3 Å². The molecule has 0 aromatic heterocycles. The first kappa shape index (κ1) is 14.0. The van der Waals surface area contributed by atoms with Gasteiger partial charge in [0.05, 0.1) is 12.6 Å². The molecule has 1 atom stereocenters. The summed E-state index contributed by atoms with van der Waals surface area (Å²) in [6.45, 7) is 3.81. The van der Waals surface area contributed by atoms with Crippen LogP contribution < -0.4 is 10.6 Å². The van der Waals surface area contributed by atoms with E-state index < -0.39 is 0 Å². The summed E-state index contributed by atoms with van der Waals surface area (Å²) in [5, 5.41) is 14.4. The van der Waals surface area contributed by atoms with Crippen molar-refractivity contribution in [3.8, 4) is 0 Å². The zero-order valence-corrected chi connectivity index (χ0v) is 11.5. The van der Waals surface area contributed by atoms with Crippen molar-refractivity contribution >= 4 is 27.6 Å². The number of hydrogen-bond donors (Lipinski definition) is 3. The van der Waals surface area contributed by atoms with Gasteiger partial charge in [0.1, 0.15) is 0 Å². The van der Waals surface area contributed by atoms with E-state index in [0.29, 0.717) is 6.42 Å². The van der Waals surface area contributed by atoms with Gasteiger partial charge in [-0.3, -0.25) is 0 Å². The molecule has 1 rings (SSSR count). The summed E-state index contributed by atoms with van der Waals surface area (Å²) in [6, 6.07) is 5.08. The second kappa shape index (κ2) is 6.61. The van der Waals surface area contributed by atoms with Gasteiger partial charge in [0.25, 0.3) is 0 Å². The number of halogens is 1. The minimum absolute atomic E-state index is 0.0523. The van der Waals surface area contributed by atoms with E-state index in [9.17, 15) is 4.79 Å². The Hall–Kier alpha value is -1.07. The maximum absolute atomic E-state index is 11.6. The van der Waals surface area contributed by atoms with Crippen molar-refractivity contribution in [1.29, 1.82) is 0 Å². The van der Waals surface area contributed by atoms with Gasteiger partial charge in [0, 0.05) is 10.2 Å². The summed E-state index contributed by atoms with van der Waals surface area (Å²) >= 11 is 3.40. The van der Waals surface area contributed by atoms with Crippen molar-refractivity contribution in [2.75, 3.05) is 11.9 Å². The molecule has 0 bridgehead atoms. The predicted molar refractivity (Wildman–Crippen MR) is 72.2 cm³/mol. The van der Waals surface area contributed by atoms with Crippen molar-refractivity contribution < 1.29 is 9.90 Å². The lowest BCUT2D eigenvalue weighted by atomic mass is 10.2. The molecule has 0 spiro atoms. The summed E-state index contributed by atoms with van der Waals surface area (Å²) < 4.78 is 1.00. The molecule has 1 unspecified atom stereocenters. The summed E-state index contributed by atoms with van der Waals surface area (Å²) in [6.07, 6.45) is 0.698. The van der Waals surface area contributed by atoms with Gasteiger partial charge >= 0.3 is 6.03 Å². The van der Waals surface area contributed by atoms with Gasteiger partial charge in [-0.2, -0.15) is 0 Å². The van der Waals surface area contributed by atoms with Crippen molar-refractivity contribution in [3.63, 3.8) is 0 Å². The Bertz CT molecular complexity index is 392. The van der Waals surface area contributed by atoms with Crippen LogP contribution in [-0.4, -0.2) is 23.8 Å². The van der Waals surface area contributed by atoms with E-state index in [1.165, 1.54) is 0 Å². The molecule has 1 aromatic rings. The number of nitrogens with one attached hydrogen (secondary N) is 2. The number of carbonyl (C=O) groups excluding carboxylic acids is 1. The molecule has 17 heavy (non-hydrogen) atoms. The third-order valence-corrected chi connectivity index (χ3v) is 3.35. The number of carbonyl (C=O) groups is 1. The lowest BCUT2D eigenvalue weighted by Crippen LogP contribution is -2.39. The first-order valence-electron chi connectivity index (χ1n) is 5.51. The Balaban J connectivity index is 2.58. The minimum Gasteiger partial charge on any atom is -0.394 e. The van der Waals surface area contributed by atoms with Gasteiger partial charge in [0.15, 0.2) is 0 Å². The Morgan fingerprint density at radius 1 is 1.53 bits per heavy atom. The summed E-state index contributed by atoms with van der Waals surface area (Å²) in [4.78, 5) is 11.6. The summed E-state index contributed by atoms with van der Waals surface area (Å²) in [5.41, 5.74) is 1.79. The molecule has 0 saturated carbocycles. The van der Waals surface area contributed by atoms with Crippen molar-refractivity contribution in [2.24, 2.45) is 0 Å². The molecule has 0 heterocycles. The predicted octanol–water partition coefficient (Wildman–Crippen LogP) is 2.65. The van der Waals surface area contributed by atoms with Crippen LogP contribution in [0.4, 0.5) is 10.5 Å². The largest absolute Gasteiger partial charge is 0.394 e. The topological polar surface area (TPSA) is 61.4 Å². The van der Waals surface area contributed by atoms with Crippen LogP contribution in [0.3, 0.4) is 0 Å². The number of rotatable bonds is 4. The number of amides is 2. The Morgan fingerprint density at radius 2 is 2.24 bits per heavy atom. The molecule has 0 radical (unpaired) electrons. The second-order valence-corrected chi connectivity index (χ2v) is 4.70. The van der Waals surface area contributed by atoms with E-state index in [0.717, 1.165) is 15.7 Å². The fourth-order valence-corrected chi connectivity index (χ4v) is 1.60. The molecule has 1 aromatic carbocycles. The first-order chi connectivity index (χ1) is 8.06. The SMILES string of the molecule is CCC(CO)NC(=O)Nc1ccc(Br)c(C)c1. The Labute approximate surface area is 110 Å². The highest BCUT2D eigenvalue weighted by atomic mass is 79.9. The third kappa shape index (κ3) is 4.36. The van der Waals surface area contributed by atoms with Gasteiger partial charge in [0.2, 0.25) is 0 Å². The van der Waals surface area contributed by atoms with Crippen molar-refractivity contribution in [1.82, 2.24) is 5.32 Å². The van der Waals surface area contributed by atoms with Crippen LogP contribution in [0.25, 0.3) is 0 Å². The van der Waals surface area contributed by atoms with Gasteiger partial charge in [-0.15, -0.1) is 0 Å². The number of urea groups is 1. The maximum Gasteiger partial charge on any atom is 0.319 e. The summed E-state index contributed by atoms with van der Waals surface area (Å²) in [5.74, 6) is 0. The number of anilines is 1. The molecular weight excluding hydrogens is 284 g/mol. The maximum atomic E-state index is 11.6. The summed E-state index contributed by atoms with van der Waals surface area (Å²) in [7, 11) is 0. The first-order valence-corrected chi connectivity index (χ1v) is 6.30. The average molecular weight is 301 g/mol. The molecule has 3 N–H and O–H groups in total. The molecule has 4 nitrogen and oxygen atoms in total. The van der Waals surface area contributed by atoms with Crippen LogP contribution in [0.5, 0.6) is 0 Å². The molecule has 0 fully saturated rings. The fraction of sp³-hybridized carbons (Fsp3) is 0.417. The van der Waals surface area contributed by atoms with E-state index in [4.69, 9.17) is 5.11 Å². The zero-order chi connectivity index (χ0) is 12.8. The van der Waals surface area contributed by atoms with Gasteiger partial charge in [-0.05, 0) is 37.1 Å². The van der Waals surface area contributed by atoms with Crippen LogP contribution in [0.2, 0.25) is 0 Å². The zero-order valence-electron chi connectivity index (χ0n) is 9.96. The number of aliphatic hydroxyl groups excluding tert-OH is 1. The van der Waals surface area contributed by atoms with Crippen LogP contribution >= 0.6 is 15.9 Å². The quantitative estimate of drug-likeness (QED) is 0.800. The van der Waals surface area contributed by atoms with Gasteiger partial charge < -0.3 is 15.7 Å². The highest BCUT2D eigenvalue weighted by Gasteiger charge is 2.09. The highest BCUT2D eigenvalue weighted by molar-refractivity contribution is 9.10. The normalized spacial score (nSPS) is 12.0. The van der Waals surface area contributed by atoms with Crippen LogP contribution in [-0.2, 0) is 0 Å². The van der Waals surface area contributed by atoms with Crippen molar-refractivity contribution in [3.05, 3.63) is 28.2 Å². The van der Waals surface area contributed by atoms with E-state index in [1.54, 1.807) is 0 Å². The molecule has 0 aliphatic rings. The standard InChI is InChI=1S/C12H17BrN2O2/c1-3-9(7-16)14-12(17)15-10-4-5-11(13)8(2)6-10/h4-6,9,16H,3,7H2,1-2H3,(H2,14,15,17). The molecule has 0 aliphatic carbocycles. The molecular formula is C12H17BrN2O2. The minimum atomic E-state index is -0.298. The highest BCUT2D eigenvalue weighted by Crippen LogP contribution is 2.19. The van der Waals surface area contributed by atoms with Gasteiger partial charge in [-0.1, -0.05) is 22.9 Å². The fourth-order valence-electron chi connectivity index (χ4n) is 1.35. The van der Waals surface area contributed by atoms with Crippen LogP contribution in [0, 0.1) is 6.92 Å².